The van der Waals surface area contributed by atoms with Crippen molar-refractivity contribution in [3.05, 3.63) is 170 Å². The highest BCUT2D eigenvalue weighted by atomic mass is 32.1. The summed E-state index contributed by atoms with van der Waals surface area (Å²) in [6.45, 7) is 0. The zero-order valence-electron chi connectivity index (χ0n) is 26.4. The van der Waals surface area contributed by atoms with Gasteiger partial charge < -0.3 is 9.47 Å². The van der Waals surface area contributed by atoms with E-state index < -0.39 is 0 Å². The second kappa shape index (κ2) is 11.2. The van der Waals surface area contributed by atoms with Crippen molar-refractivity contribution in [2.24, 2.45) is 0 Å². The Kier molecular flexibility index (Phi) is 6.32. The van der Waals surface area contributed by atoms with Gasteiger partial charge in [-0.3, -0.25) is 0 Å². The van der Waals surface area contributed by atoms with Gasteiger partial charge in [-0.05, 0) is 78.4 Å². The third kappa shape index (κ3) is 4.51. The molecule has 4 heterocycles. The number of anilines is 3. The van der Waals surface area contributed by atoms with Crippen LogP contribution in [-0.4, -0.2) is 14.5 Å². The van der Waals surface area contributed by atoms with E-state index in [0.717, 1.165) is 50.4 Å². The van der Waals surface area contributed by atoms with Crippen molar-refractivity contribution in [1.82, 2.24) is 14.5 Å². The molecule has 0 saturated carbocycles. The lowest BCUT2D eigenvalue weighted by Gasteiger charge is -2.26. The zero-order chi connectivity index (χ0) is 32.3. The van der Waals surface area contributed by atoms with Crippen molar-refractivity contribution in [2.75, 3.05) is 4.90 Å². The smallest absolute Gasteiger partial charge is 0.159 e. The zero-order valence-corrected chi connectivity index (χ0v) is 27.2. The number of rotatable bonds is 5. The van der Waals surface area contributed by atoms with Crippen molar-refractivity contribution in [2.45, 2.75) is 0 Å². The summed E-state index contributed by atoms with van der Waals surface area (Å²) in [6.07, 6.45) is 3.73. The molecule has 0 spiro atoms. The first-order chi connectivity index (χ1) is 24.3. The van der Waals surface area contributed by atoms with E-state index in [4.69, 9.17) is 4.98 Å². The Labute approximate surface area is 286 Å². The van der Waals surface area contributed by atoms with Gasteiger partial charge in [-0.25, -0.2) is 9.97 Å². The van der Waals surface area contributed by atoms with Gasteiger partial charge in [0.15, 0.2) is 5.65 Å². The number of hydrogen-bond acceptors (Lipinski definition) is 4. The lowest BCUT2D eigenvalue weighted by molar-refractivity contribution is 1.15. The molecule has 0 aliphatic rings. The Morgan fingerprint density at radius 2 is 1.24 bits per heavy atom. The minimum atomic E-state index is 0.747. The van der Waals surface area contributed by atoms with Gasteiger partial charge >= 0.3 is 0 Å². The first kappa shape index (κ1) is 27.8. The molecule has 230 valence electrons. The summed E-state index contributed by atoms with van der Waals surface area (Å²) in [4.78, 5) is 11.5. The molecule has 10 rings (SSSR count). The van der Waals surface area contributed by atoms with E-state index >= 15 is 0 Å². The number of nitrogens with zero attached hydrogens (tertiary/aromatic N) is 4. The Bertz CT molecular complexity index is 2830. The molecule has 0 fully saturated rings. The fourth-order valence-corrected chi connectivity index (χ4v) is 8.35. The average Bonchev–Trinajstić information content (AvgIpc) is 3.71. The third-order valence-corrected chi connectivity index (χ3v) is 10.6. The first-order valence-electron chi connectivity index (χ1n) is 16.4. The topological polar surface area (TPSA) is 34.0 Å². The maximum Gasteiger partial charge on any atom is 0.159 e. The van der Waals surface area contributed by atoms with Gasteiger partial charge in [0.1, 0.15) is 0 Å². The minimum absolute atomic E-state index is 0.747. The number of fused-ring (bicyclic) bond motifs is 7. The van der Waals surface area contributed by atoms with Crippen LogP contribution in [-0.2, 0) is 0 Å². The summed E-state index contributed by atoms with van der Waals surface area (Å²) >= 11 is 1.85. The van der Waals surface area contributed by atoms with Gasteiger partial charge in [0.2, 0.25) is 0 Å². The standard InChI is InChI=1S/C44H28N4S/c1-2-11-31(12-3-1)47(33-23-24-42-39(27-33)37-14-5-7-18-41(37)49-42)32-21-19-29(20-22-32)35-15-8-16-38-36-13-4-6-17-40(36)48(43(35)38)34-26-30-10-9-25-45-44(30)46-28-34/h1-28H. The molecule has 4 nitrogen and oxygen atoms in total. The number of para-hydroxylation sites is 3. The summed E-state index contributed by atoms with van der Waals surface area (Å²) in [5, 5.41) is 6.03. The molecular weight excluding hydrogens is 617 g/mol. The summed E-state index contributed by atoms with van der Waals surface area (Å²) in [5.41, 5.74) is 9.76. The minimum Gasteiger partial charge on any atom is -0.310 e. The van der Waals surface area contributed by atoms with Crippen LogP contribution in [0.25, 0.3) is 69.8 Å². The number of hydrogen-bond donors (Lipinski definition) is 0. The Morgan fingerprint density at radius 3 is 2.14 bits per heavy atom. The van der Waals surface area contributed by atoms with Gasteiger partial charge in [-0.2, -0.15) is 0 Å². The fourth-order valence-electron chi connectivity index (χ4n) is 7.26. The van der Waals surface area contributed by atoms with Gasteiger partial charge in [0, 0.05) is 65.2 Å². The average molecular weight is 645 g/mol. The van der Waals surface area contributed by atoms with Crippen molar-refractivity contribution >= 4 is 81.4 Å². The lowest BCUT2D eigenvalue weighted by atomic mass is 10.0. The van der Waals surface area contributed by atoms with E-state index in [-0.39, 0.29) is 0 Å². The van der Waals surface area contributed by atoms with Crippen LogP contribution in [0, 0.1) is 0 Å². The predicted molar refractivity (Wildman–Crippen MR) is 207 cm³/mol. The van der Waals surface area contributed by atoms with Crippen LogP contribution >= 0.6 is 11.3 Å². The van der Waals surface area contributed by atoms with E-state index in [9.17, 15) is 0 Å². The molecule has 5 heteroatoms. The Hall–Kier alpha value is -6.30. The van der Waals surface area contributed by atoms with Crippen LogP contribution in [0.2, 0.25) is 0 Å². The van der Waals surface area contributed by atoms with Crippen LogP contribution in [0.5, 0.6) is 0 Å². The largest absolute Gasteiger partial charge is 0.310 e. The highest BCUT2D eigenvalue weighted by molar-refractivity contribution is 7.25. The summed E-state index contributed by atoms with van der Waals surface area (Å²) in [7, 11) is 0. The van der Waals surface area contributed by atoms with Gasteiger partial charge in [0.05, 0.1) is 22.9 Å². The Balaban J connectivity index is 1.14. The van der Waals surface area contributed by atoms with Crippen molar-refractivity contribution in [1.29, 1.82) is 0 Å². The summed E-state index contributed by atoms with van der Waals surface area (Å²) < 4.78 is 4.96. The van der Waals surface area contributed by atoms with Crippen LogP contribution in [0.3, 0.4) is 0 Å². The molecule has 49 heavy (non-hydrogen) atoms. The van der Waals surface area contributed by atoms with Crippen LogP contribution in [0.4, 0.5) is 17.1 Å². The molecule has 10 aromatic rings. The fraction of sp³-hybridized carbons (Fsp3) is 0. The highest BCUT2D eigenvalue weighted by Gasteiger charge is 2.19. The molecule has 0 aliphatic heterocycles. The van der Waals surface area contributed by atoms with E-state index in [0.29, 0.717) is 0 Å². The quantitative estimate of drug-likeness (QED) is 0.187. The normalized spacial score (nSPS) is 11.7. The number of benzene rings is 6. The summed E-state index contributed by atoms with van der Waals surface area (Å²) in [5.74, 6) is 0. The second-order valence-electron chi connectivity index (χ2n) is 12.3. The SMILES string of the molecule is c1ccc(N(c2ccc(-c3cccc4c5ccccc5n(-c5cnc6ncccc6c5)c34)cc2)c2ccc3sc4ccccc4c3c2)cc1. The molecule has 0 N–H and O–H groups in total. The molecule has 0 radical (unpaired) electrons. The van der Waals surface area contributed by atoms with E-state index in [1.165, 1.54) is 36.5 Å². The van der Waals surface area contributed by atoms with E-state index in [2.05, 4.69) is 166 Å². The molecule has 6 aromatic carbocycles. The maximum absolute atomic E-state index is 4.74. The van der Waals surface area contributed by atoms with E-state index in [1.54, 1.807) is 6.20 Å². The van der Waals surface area contributed by atoms with E-state index in [1.807, 2.05) is 23.6 Å². The molecule has 0 bridgehead atoms. The Morgan fingerprint density at radius 1 is 0.510 bits per heavy atom. The summed E-state index contributed by atoms with van der Waals surface area (Å²) in [6, 6.07) is 56.6. The second-order valence-corrected chi connectivity index (χ2v) is 13.4. The molecule has 0 unspecified atom stereocenters. The molecule has 0 atom stereocenters. The number of aromatic nitrogens is 3. The van der Waals surface area contributed by atoms with Crippen LogP contribution in [0.1, 0.15) is 0 Å². The van der Waals surface area contributed by atoms with Crippen molar-refractivity contribution < 1.29 is 0 Å². The van der Waals surface area contributed by atoms with Crippen LogP contribution < -0.4 is 4.90 Å². The molecule has 4 aromatic heterocycles. The van der Waals surface area contributed by atoms with Crippen molar-refractivity contribution in [3.63, 3.8) is 0 Å². The molecule has 0 aliphatic carbocycles. The molecular formula is C44H28N4S. The molecule has 0 amide bonds. The van der Waals surface area contributed by atoms with Crippen molar-refractivity contribution in [3.8, 4) is 16.8 Å². The van der Waals surface area contributed by atoms with Gasteiger partial charge in [0.25, 0.3) is 0 Å². The number of pyridine rings is 2. The monoisotopic (exact) mass is 644 g/mol. The van der Waals surface area contributed by atoms with Crippen LogP contribution in [0.15, 0.2) is 170 Å². The third-order valence-electron chi connectivity index (χ3n) is 9.46. The highest BCUT2D eigenvalue weighted by Crippen LogP contribution is 2.42. The predicted octanol–water partition coefficient (Wildman–Crippen LogP) is 12.2. The lowest BCUT2D eigenvalue weighted by Crippen LogP contribution is -2.09. The molecule has 0 saturated heterocycles. The maximum atomic E-state index is 4.74. The number of thiophene rings is 1. The first-order valence-corrected chi connectivity index (χ1v) is 17.2. The van der Waals surface area contributed by atoms with Gasteiger partial charge in [-0.1, -0.05) is 84.9 Å². The van der Waals surface area contributed by atoms with Gasteiger partial charge in [-0.15, -0.1) is 11.3 Å².